The molecule has 0 saturated carbocycles. The number of nitrogens with one attached hydrogen (secondary N) is 1. The van der Waals surface area contributed by atoms with E-state index >= 15 is 0 Å². The third kappa shape index (κ3) is 5.35. The molecule has 0 aliphatic carbocycles. The summed E-state index contributed by atoms with van der Waals surface area (Å²) in [7, 11) is 0. The zero-order valence-corrected chi connectivity index (χ0v) is 12.8. The van der Waals surface area contributed by atoms with Crippen LogP contribution in [0.3, 0.4) is 0 Å². The maximum absolute atomic E-state index is 4.16. The van der Waals surface area contributed by atoms with Gasteiger partial charge in [0.1, 0.15) is 0 Å². The molecule has 0 aliphatic rings. The molecule has 1 aromatic heterocycles. The summed E-state index contributed by atoms with van der Waals surface area (Å²) in [6, 6.07) is 11.1. The van der Waals surface area contributed by atoms with Crippen molar-refractivity contribution in [3.05, 3.63) is 46.9 Å². The van der Waals surface area contributed by atoms with Gasteiger partial charge in [0.15, 0.2) is 0 Å². The molecule has 0 fully saturated rings. The normalized spacial score (nSPS) is 12.5. The summed E-state index contributed by atoms with van der Waals surface area (Å²) in [4.78, 5) is 6.86. The number of rotatable bonds is 8. The van der Waals surface area contributed by atoms with Crippen molar-refractivity contribution in [3.63, 3.8) is 0 Å². The van der Waals surface area contributed by atoms with Crippen LogP contribution in [0.2, 0.25) is 0 Å². The van der Waals surface area contributed by atoms with E-state index in [0.717, 1.165) is 18.7 Å². The number of nitrogens with zero attached hydrogens (tertiary/aromatic N) is 1. The highest BCUT2D eigenvalue weighted by molar-refractivity contribution is 7.99. The first-order valence-electron chi connectivity index (χ1n) is 6.67. The molecule has 1 atom stereocenters. The van der Waals surface area contributed by atoms with E-state index in [-0.39, 0.29) is 0 Å². The molecule has 2 aromatic rings. The van der Waals surface area contributed by atoms with Gasteiger partial charge in [-0.05, 0) is 31.5 Å². The minimum atomic E-state index is 0.519. The van der Waals surface area contributed by atoms with E-state index in [1.165, 1.54) is 16.2 Å². The monoisotopic (exact) mass is 292 g/mol. The third-order valence-corrected chi connectivity index (χ3v) is 4.78. The molecule has 0 saturated heterocycles. The average molecular weight is 292 g/mol. The molecule has 1 aromatic carbocycles. The molecular weight excluding hydrogens is 272 g/mol. The molecule has 1 N–H and O–H groups in total. The highest BCUT2D eigenvalue weighted by Crippen LogP contribution is 2.20. The van der Waals surface area contributed by atoms with E-state index < -0.39 is 0 Å². The van der Waals surface area contributed by atoms with Crippen molar-refractivity contribution in [2.75, 3.05) is 12.3 Å². The van der Waals surface area contributed by atoms with Crippen LogP contribution in [0.4, 0.5) is 0 Å². The second kappa shape index (κ2) is 8.35. The molecule has 1 heterocycles. The van der Waals surface area contributed by atoms with Crippen molar-refractivity contribution in [1.29, 1.82) is 0 Å². The number of thiazole rings is 1. The summed E-state index contributed by atoms with van der Waals surface area (Å²) in [5, 5.41) is 3.64. The van der Waals surface area contributed by atoms with Gasteiger partial charge in [0, 0.05) is 27.8 Å². The summed E-state index contributed by atoms with van der Waals surface area (Å²) < 4.78 is 0. The van der Waals surface area contributed by atoms with Crippen molar-refractivity contribution in [3.8, 4) is 0 Å². The number of benzene rings is 1. The fourth-order valence-electron chi connectivity index (χ4n) is 1.84. The maximum Gasteiger partial charge on any atom is 0.0794 e. The highest BCUT2D eigenvalue weighted by atomic mass is 32.2. The molecular formula is C15H20N2S2. The number of hydrogen-bond donors (Lipinski definition) is 1. The summed E-state index contributed by atoms with van der Waals surface area (Å²) in [5.74, 6) is 1.10. The van der Waals surface area contributed by atoms with Crippen LogP contribution >= 0.6 is 23.1 Å². The van der Waals surface area contributed by atoms with Crippen LogP contribution in [0.5, 0.6) is 0 Å². The Bertz CT molecular complexity index is 442. The van der Waals surface area contributed by atoms with Gasteiger partial charge in [0.2, 0.25) is 0 Å². The van der Waals surface area contributed by atoms with E-state index in [9.17, 15) is 0 Å². The van der Waals surface area contributed by atoms with E-state index in [4.69, 9.17) is 0 Å². The van der Waals surface area contributed by atoms with Gasteiger partial charge in [-0.25, -0.2) is 0 Å². The molecule has 0 amide bonds. The molecule has 2 rings (SSSR count). The number of aromatic nitrogens is 1. The van der Waals surface area contributed by atoms with Gasteiger partial charge < -0.3 is 5.32 Å². The van der Waals surface area contributed by atoms with Crippen LogP contribution in [0.15, 0.2) is 46.9 Å². The van der Waals surface area contributed by atoms with Crippen LogP contribution in [-0.4, -0.2) is 23.3 Å². The minimum Gasteiger partial charge on any atom is -0.313 e. The van der Waals surface area contributed by atoms with Gasteiger partial charge in [-0.1, -0.05) is 25.1 Å². The standard InChI is InChI=1S/C15H20N2S2/c1-2-8-17-13(9-15-10-16-12-19-15)11-18-14-6-4-3-5-7-14/h3-7,10,12-13,17H,2,8-9,11H2,1H3. The van der Waals surface area contributed by atoms with Crippen LogP contribution in [-0.2, 0) is 6.42 Å². The van der Waals surface area contributed by atoms with Crippen molar-refractivity contribution in [1.82, 2.24) is 10.3 Å². The SMILES string of the molecule is CCCNC(CSc1ccccc1)Cc1cncs1. The molecule has 0 radical (unpaired) electrons. The van der Waals surface area contributed by atoms with Crippen LogP contribution in [0.1, 0.15) is 18.2 Å². The van der Waals surface area contributed by atoms with Gasteiger partial charge in [-0.2, -0.15) is 0 Å². The average Bonchev–Trinajstić information content (AvgIpc) is 2.96. The van der Waals surface area contributed by atoms with Crippen molar-refractivity contribution >= 4 is 23.1 Å². The predicted octanol–water partition coefficient (Wildman–Crippen LogP) is 3.85. The highest BCUT2D eigenvalue weighted by Gasteiger charge is 2.10. The first-order valence-corrected chi connectivity index (χ1v) is 8.53. The number of hydrogen-bond acceptors (Lipinski definition) is 4. The molecule has 0 spiro atoms. The lowest BCUT2D eigenvalue weighted by atomic mass is 10.2. The fraction of sp³-hybridized carbons (Fsp3) is 0.400. The minimum absolute atomic E-state index is 0.519. The van der Waals surface area contributed by atoms with Crippen molar-refractivity contribution in [2.45, 2.75) is 30.7 Å². The quantitative estimate of drug-likeness (QED) is 0.748. The lowest BCUT2D eigenvalue weighted by Crippen LogP contribution is -2.33. The summed E-state index contributed by atoms with van der Waals surface area (Å²) in [5.41, 5.74) is 1.91. The molecule has 4 heteroatoms. The molecule has 19 heavy (non-hydrogen) atoms. The van der Waals surface area contributed by atoms with Gasteiger partial charge in [0.05, 0.1) is 5.51 Å². The Kier molecular flexibility index (Phi) is 6.41. The zero-order chi connectivity index (χ0) is 13.3. The summed E-state index contributed by atoms with van der Waals surface area (Å²) >= 11 is 3.67. The molecule has 0 bridgehead atoms. The van der Waals surface area contributed by atoms with Crippen molar-refractivity contribution < 1.29 is 0 Å². The van der Waals surface area contributed by atoms with E-state index in [2.05, 4.69) is 47.6 Å². The second-order valence-corrected chi connectivity index (χ2v) is 6.51. The lowest BCUT2D eigenvalue weighted by Gasteiger charge is -2.17. The third-order valence-electron chi connectivity index (χ3n) is 2.81. The Morgan fingerprint density at radius 1 is 1.32 bits per heavy atom. The van der Waals surface area contributed by atoms with Gasteiger partial charge in [-0.3, -0.25) is 4.98 Å². The Morgan fingerprint density at radius 2 is 2.16 bits per heavy atom. The fourth-order valence-corrected chi connectivity index (χ4v) is 3.49. The van der Waals surface area contributed by atoms with Crippen LogP contribution in [0, 0.1) is 0 Å². The Labute approximate surface area is 123 Å². The molecule has 0 aliphatic heterocycles. The smallest absolute Gasteiger partial charge is 0.0794 e. The summed E-state index contributed by atoms with van der Waals surface area (Å²) in [6.07, 6.45) is 4.23. The lowest BCUT2D eigenvalue weighted by molar-refractivity contribution is 0.553. The Morgan fingerprint density at radius 3 is 2.84 bits per heavy atom. The van der Waals surface area contributed by atoms with Crippen molar-refractivity contribution in [2.24, 2.45) is 0 Å². The first kappa shape index (κ1) is 14.6. The molecule has 102 valence electrons. The Balaban J connectivity index is 1.86. The predicted molar refractivity (Wildman–Crippen MR) is 85.1 cm³/mol. The molecule has 2 nitrogen and oxygen atoms in total. The van der Waals surface area contributed by atoms with E-state index in [0.29, 0.717) is 6.04 Å². The molecule has 1 unspecified atom stereocenters. The van der Waals surface area contributed by atoms with Gasteiger partial charge >= 0.3 is 0 Å². The van der Waals surface area contributed by atoms with Gasteiger partial charge in [0.25, 0.3) is 0 Å². The zero-order valence-electron chi connectivity index (χ0n) is 11.2. The van der Waals surface area contributed by atoms with Crippen LogP contribution < -0.4 is 5.32 Å². The number of thioether (sulfide) groups is 1. The Hall–Kier alpha value is -0.840. The topological polar surface area (TPSA) is 24.9 Å². The first-order chi connectivity index (χ1) is 9.38. The summed E-state index contributed by atoms with van der Waals surface area (Å²) in [6.45, 7) is 3.29. The second-order valence-electron chi connectivity index (χ2n) is 4.45. The van der Waals surface area contributed by atoms with E-state index in [1.807, 2.05) is 23.5 Å². The van der Waals surface area contributed by atoms with Crippen LogP contribution in [0.25, 0.3) is 0 Å². The van der Waals surface area contributed by atoms with E-state index in [1.54, 1.807) is 11.3 Å². The maximum atomic E-state index is 4.16. The largest absolute Gasteiger partial charge is 0.313 e. The van der Waals surface area contributed by atoms with Gasteiger partial charge in [-0.15, -0.1) is 23.1 Å².